The van der Waals surface area contributed by atoms with Gasteiger partial charge in [0.15, 0.2) is 11.6 Å². The third-order valence-corrected chi connectivity index (χ3v) is 6.83. The minimum Gasteiger partial charge on any atom is -0.459 e. The molecule has 1 aliphatic carbocycles. The topological polar surface area (TPSA) is 75.7 Å². The first-order chi connectivity index (χ1) is 16.8. The van der Waals surface area contributed by atoms with Crippen molar-refractivity contribution in [3.05, 3.63) is 70.2 Å². The van der Waals surface area contributed by atoms with E-state index in [1.807, 2.05) is 0 Å². The minimum absolute atomic E-state index is 0.000349. The van der Waals surface area contributed by atoms with Crippen LogP contribution < -0.4 is 5.32 Å². The number of rotatable bonds is 10. The van der Waals surface area contributed by atoms with Crippen molar-refractivity contribution in [3.63, 3.8) is 0 Å². The number of amides is 2. The molecule has 35 heavy (non-hydrogen) atoms. The van der Waals surface area contributed by atoms with Gasteiger partial charge in [0, 0.05) is 41.6 Å². The number of esters is 1. The van der Waals surface area contributed by atoms with Crippen LogP contribution in [-0.2, 0) is 32.3 Å². The Morgan fingerprint density at radius 1 is 1.09 bits per heavy atom. The first-order valence-electron chi connectivity index (χ1n) is 11.7. The summed E-state index contributed by atoms with van der Waals surface area (Å²) in [5, 5.41) is 3.26. The zero-order chi connectivity index (χ0) is 24.9. The summed E-state index contributed by atoms with van der Waals surface area (Å²) < 4.78 is 33.1. The molecular weight excluding hydrogens is 478 g/mol. The number of carbonyl (C=O) groups excluding carboxylic acids is 3. The summed E-state index contributed by atoms with van der Waals surface area (Å²) >= 11 is 6.13. The molecule has 186 valence electrons. The Bertz CT molecular complexity index is 1110. The molecular formula is C26H27ClF2N2O4. The second kappa shape index (κ2) is 11.2. The number of hydrogen-bond acceptors (Lipinski definition) is 4. The lowest BCUT2D eigenvalue weighted by molar-refractivity contribution is -0.149. The summed E-state index contributed by atoms with van der Waals surface area (Å²) in [6.45, 7) is -0.120. The van der Waals surface area contributed by atoms with E-state index in [4.69, 9.17) is 16.3 Å². The highest BCUT2D eigenvalue weighted by molar-refractivity contribution is 6.31. The Morgan fingerprint density at radius 2 is 1.83 bits per heavy atom. The van der Waals surface area contributed by atoms with Crippen LogP contribution in [0, 0.1) is 17.6 Å². The summed E-state index contributed by atoms with van der Waals surface area (Å²) in [6, 6.07) is 9.59. The number of halogens is 3. The molecule has 2 fully saturated rings. The second-order valence-corrected chi connectivity index (χ2v) is 9.54. The van der Waals surface area contributed by atoms with Crippen molar-refractivity contribution < 1.29 is 27.9 Å². The van der Waals surface area contributed by atoms with Crippen LogP contribution in [0.5, 0.6) is 0 Å². The molecule has 1 saturated carbocycles. The van der Waals surface area contributed by atoms with Crippen molar-refractivity contribution in [2.45, 2.75) is 63.8 Å². The SMILES string of the molecule is O=C(C[C@@H]1CCC(=O)N1Cc1cccc(F)c1F)N[C@@H](CC1CC1)C(=O)OCc1ccccc1Cl. The average molecular weight is 505 g/mol. The Morgan fingerprint density at radius 3 is 2.57 bits per heavy atom. The molecule has 0 radical (unpaired) electrons. The van der Waals surface area contributed by atoms with E-state index in [2.05, 4.69) is 5.32 Å². The minimum atomic E-state index is -0.999. The fourth-order valence-electron chi connectivity index (χ4n) is 4.31. The molecule has 2 atom stereocenters. The van der Waals surface area contributed by atoms with E-state index in [-0.39, 0.29) is 37.5 Å². The molecule has 2 aromatic rings. The van der Waals surface area contributed by atoms with Gasteiger partial charge in [0.25, 0.3) is 0 Å². The maximum Gasteiger partial charge on any atom is 0.328 e. The van der Waals surface area contributed by atoms with Crippen LogP contribution in [0.2, 0.25) is 5.02 Å². The van der Waals surface area contributed by atoms with Gasteiger partial charge in [-0.05, 0) is 30.9 Å². The van der Waals surface area contributed by atoms with E-state index in [9.17, 15) is 23.2 Å². The molecule has 2 aliphatic rings. The molecule has 1 saturated heterocycles. The quantitative estimate of drug-likeness (QED) is 0.482. The molecule has 9 heteroatoms. The number of hydrogen-bond donors (Lipinski definition) is 1. The molecule has 4 rings (SSSR count). The van der Waals surface area contributed by atoms with Gasteiger partial charge in [-0.2, -0.15) is 0 Å². The second-order valence-electron chi connectivity index (χ2n) is 9.13. The van der Waals surface area contributed by atoms with Gasteiger partial charge in [0.2, 0.25) is 11.8 Å². The van der Waals surface area contributed by atoms with Crippen LogP contribution in [0.3, 0.4) is 0 Å². The lowest BCUT2D eigenvalue weighted by atomic mass is 10.1. The highest BCUT2D eigenvalue weighted by Gasteiger charge is 2.35. The number of benzene rings is 2. The molecule has 1 heterocycles. The van der Waals surface area contributed by atoms with Gasteiger partial charge in [-0.3, -0.25) is 9.59 Å². The number of nitrogens with one attached hydrogen (secondary N) is 1. The number of ether oxygens (including phenoxy) is 1. The van der Waals surface area contributed by atoms with Crippen molar-refractivity contribution in [3.8, 4) is 0 Å². The van der Waals surface area contributed by atoms with Crippen molar-refractivity contribution in [2.24, 2.45) is 5.92 Å². The van der Waals surface area contributed by atoms with E-state index >= 15 is 0 Å². The van der Waals surface area contributed by atoms with Crippen molar-refractivity contribution in [1.82, 2.24) is 10.2 Å². The first-order valence-corrected chi connectivity index (χ1v) is 12.1. The van der Waals surface area contributed by atoms with Gasteiger partial charge in [-0.15, -0.1) is 0 Å². The smallest absolute Gasteiger partial charge is 0.328 e. The van der Waals surface area contributed by atoms with Crippen LogP contribution in [0.15, 0.2) is 42.5 Å². The third-order valence-electron chi connectivity index (χ3n) is 6.46. The van der Waals surface area contributed by atoms with Gasteiger partial charge >= 0.3 is 5.97 Å². The van der Waals surface area contributed by atoms with Crippen molar-refractivity contribution in [1.29, 1.82) is 0 Å². The van der Waals surface area contributed by atoms with Crippen LogP contribution in [-0.4, -0.2) is 34.8 Å². The van der Waals surface area contributed by atoms with Gasteiger partial charge < -0.3 is 15.0 Å². The van der Waals surface area contributed by atoms with E-state index in [0.717, 1.165) is 18.9 Å². The van der Waals surface area contributed by atoms with Gasteiger partial charge in [0.05, 0.1) is 0 Å². The third kappa shape index (κ3) is 6.57. The molecule has 0 aromatic heterocycles. The van der Waals surface area contributed by atoms with E-state index in [1.165, 1.54) is 17.0 Å². The van der Waals surface area contributed by atoms with Crippen LogP contribution >= 0.6 is 11.6 Å². The molecule has 1 aliphatic heterocycles. The largest absolute Gasteiger partial charge is 0.459 e. The summed E-state index contributed by atoms with van der Waals surface area (Å²) in [5.74, 6) is -2.78. The van der Waals surface area contributed by atoms with E-state index in [0.29, 0.717) is 29.3 Å². The summed E-state index contributed by atoms with van der Waals surface area (Å²) in [6.07, 6.45) is 3.08. The Kier molecular flexibility index (Phi) is 8.00. The van der Waals surface area contributed by atoms with Crippen LogP contribution in [0.1, 0.15) is 49.7 Å². The molecule has 1 N–H and O–H groups in total. The lowest BCUT2D eigenvalue weighted by Crippen LogP contribution is -2.44. The maximum atomic E-state index is 14.1. The predicted molar refractivity (Wildman–Crippen MR) is 125 cm³/mol. The van der Waals surface area contributed by atoms with E-state index < -0.39 is 35.6 Å². The zero-order valence-electron chi connectivity index (χ0n) is 19.1. The first kappa shape index (κ1) is 25.1. The fraction of sp³-hybridized carbons (Fsp3) is 0.423. The van der Waals surface area contributed by atoms with Gasteiger partial charge in [-0.25, -0.2) is 13.6 Å². The highest BCUT2D eigenvalue weighted by atomic mass is 35.5. The fourth-order valence-corrected chi connectivity index (χ4v) is 4.50. The standard InChI is InChI=1S/C26H27ClF2N2O4/c27-20-6-2-1-4-18(20)15-35-26(34)22(12-16-8-9-16)30-23(32)13-19-10-11-24(33)31(19)14-17-5-3-7-21(28)25(17)29/h1-7,16,19,22H,8-15H2,(H,30,32)/t19-,22-/m0/s1. The molecule has 2 amide bonds. The normalized spacial score (nSPS) is 18.4. The van der Waals surface area contributed by atoms with E-state index in [1.54, 1.807) is 24.3 Å². The molecule has 0 spiro atoms. The number of likely N-dealkylation sites (tertiary alicyclic amines) is 1. The Balaban J connectivity index is 1.36. The zero-order valence-corrected chi connectivity index (χ0v) is 19.9. The van der Waals surface area contributed by atoms with Gasteiger partial charge in [0.1, 0.15) is 12.6 Å². The molecule has 6 nitrogen and oxygen atoms in total. The number of nitrogens with zero attached hydrogens (tertiary/aromatic N) is 1. The predicted octanol–water partition coefficient (Wildman–Crippen LogP) is 4.53. The molecule has 2 aromatic carbocycles. The Labute approximate surface area is 207 Å². The monoisotopic (exact) mass is 504 g/mol. The summed E-state index contributed by atoms with van der Waals surface area (Å²) in [7, 11) is 0. The summed E-state index contributed by atoms with van der Waals surface area (Å²) in [4.78, 5) is 39.4. The number of carbonyl (C=O) groups is 3. The lowest BCUT2D eigenvalue weighted by Gasteiger charge is -2.26. The highest BCUT2D eigenvalue weighted by Crippen LogP contribution is 2.34. The average Bonchev–Trinajstić information content (AvgIpc) is 3.59. The van der Waals surface area contributed by atoms with Crippen LogP contribution in [0.4, 0.5) is 8.78 Å². The van der Waals surface area contributed by atoms with Crippen LogP contribution in [0.25, 0.3) is 0 Å². The molecule has 0 bridgehead atoms. The maximum absolute atomic E-state index is 14.1. The van der Waals surface area contributed by atoms with Crippen molar-refractivity contribution >= 4 is 29.4 Å². The van der Waals surface area contributed by atoms with Crippen molar-refractivity contribution in [2.75, 3.05) is 0 Å². The van der Waals surface area contributed by atoms with Gasteiger partial charge in [-0.1, -0.05) is 54.8 Å². The Hall–Kier alpha value is -3.00. The molecule has 0 unspecified atom stereocenters. The summed E-state index contributed by atoms with van der Waals surface area (Å²) in [5.41, 5.74) is 0.726.